The Balaban J connectivity index is 1.80. The number of primary amides is 1. The molecule has 0 aromatic rings. The van der Waals surface area contributed by atoms with E-state index in [1.54, 1.807) is 0 Å². The van der Waals surface area contributed by atoms with Gasteiger partial charge in [-0.05, 0) is 38.5 Å². The minimum Gasteiger partial charge on any atom is -0.370 e. The molecule has 156 valence electrons. The van der Waals surface area contributed by atoms with Gasteiger partial charge in [0.25, 0.3) is 0 Å². The Morgan fingerprint density at radius 1 is 0.926 bits per heavy atom. The molecule has 1 saturated heterocycles. The van der Waals surface area contributed by atoms with E-state index >= 15 is 0 Å². The molecule has 0 aliphatic carbocycles. The molecule has 0 spiro atoms. The van der Waals surface area contributed by atoms with Crippen molar-refractivity contribution < 1.29 is 14.3 Å². The van der Waals surface area contributed by atoms with Gasteiger partial charge in [0.2, 0.25) is 11.8 Å². The zero-order valence-electron chi connectivity index (χ0n) is 17.2. The normalized spacial score (nSPS) is 18.7. The maximum atomic E-state index is 11.6. The van der Waals surface area contributed by atoms with Crippen LogP contribution in [0.5, 0.6) is 0 Å². The van der Waals surface area contributed by atoms with Crippen molar-refractivity contribution in [2.45, 2.75) is 109 Å². The number of rotatable bonds is 18. The van der Waals surface area contributed by atoms with Crippen molar-refractivity contribution in [2.24, 2.45) is 5.73 Å². The standard InChI is InChI=1S/C22H40N2O3/c1-2-3-10-14-19-20(27-19)15-11-8-6-4-5-7-9-12-17-22(26)24-18-13-16-21(23)25/h8,11,19-20H,2-7,9-10,12-18H2,1H3,(H2,23,25)(H,24,26). The highest BCUT2D eigenvalue weighted by molar-refractivity contribution is 5.76. The fourth-order valence-electron chi connectivity index (χ4n) is 3.24. The number of amides is 2. The van der Waals surface area contributed by atoms with Gasteiger partial charge in [0.1, 0.15) is 0 Å². The van der Waals surface area contributed by atoms with E-state index in [0.29, 0.717) is 38.0 Å². The Morgan fingerprint density at radius 2 is 1.70 bits per heavy atom. The van der Waals surface area contributed by atoms with Crippen molar-refractivity contribution in [2.75, 3.05) is 6.54 Å². The Labute approximate surface area is 165 Å². The molecule has 0 aromatic carbocycles. The summed E-state index contributed by atoms with van der Waals surface area (Å²) >= 11 is 0. The number of unbranched alkanes of at least 4 members (excludes halogenated alkanes) is 7. The number of epoxide rings is 1. The SMILES string of the molecule is CCCCCC1OC1CC=CCCCCCCCC(=O)NCCCC(N)=O. The highest BCUT2D eigenvalue weighted by Gasteiger charge is 2.36. The molecular formula is C22H40N2O3. The van der Waals surface area contributed by atoms with Crippen LogP contribution in [0, 0.1) is 0 Å². The molecule has 5 heteroatoms. The molecule has 1 aliphatic rings. The molecule has 1 heterocycles. The fraction of sp³-hybridized carbons (Fsp3) is 0.818. The van der Waals surface area contributed by atoms with E-state index in [1.165, 1.54) is 44.9 Å². The molecule has 1 aliphatic heterocycles. The van der Waals surface area contributed by atoms with E-state index in [1.807, 2.05) is 0 Å². The smallest absolute Gasteiger partial charge is 0.219 e. The van der Waals surface area contributed by atoms with Gasteiger partial charge in [-0.25, -0.2) is 0 Å². The van der Waals surface area contributed by atoms with Gasteiger partial charge < -0.3 is 15.8 Å². The van der Waals surface area contributed by atoms with Gasteiger partial charge in [0.05, 0.1) is 12.2 Å². The number of hydrogen-bond donors (Lipinski definition) is 2. The lowest BCUT2D eigenvalue weighted by molar-refractivity contribution is -0.122. The maximum absolute atomic E-state index is 11.6. The summed E-state index contributed by atoms with van der Waals surface area (Å²) in [6.45, 7) is 2.78. The average molecular weight is 381 g/mol. The van der Waals surface area contributed by atoms with Gasteiger partial charge in [-0.1, -0.05) is 57.6 Å². The second-order valence-electron chi connectivity index (χ2n) is 7.64. The number of nitrogens with one attached hydrogen (secondary N) is 1. The first kappa shape index (κ1) is 23.7. The predicted molar refractivity (Wildman–Crippen MR) is 110 cm³/mol. The van der Waals surface area contributed by atoms with E-state index in [-0.39, 0.29) is 11.8 Å². The number of carbonyl (C=O) groups is 2. The summed E-state index contributed by atoms with van der Waals surface area (Å²) in [4.78, 5) is 22.2. The van der Waals surface area contributed by atoms with Gasteiger partial charge in [0.15, 0.2) is 0 Å². The van der Waals surface area contributed by atoms with Gasteiger partial charge in [0, 0.05) is 19.4 Å². The fourth-order valence-corrected chi connectivity index (χ4v) is 3.24. The topological polar surface area (TPSA) is 84.7 Å². The molecule has 0 saturated carbocycles. The van der Waals surface area contributed by atoms with Crippen molar-refractivity contribution in [1.82, 2.24) is 5.32 Å². The average Bonchev–Trinajstić information content (AvgIpc) is 3.38. The first-order valence-corrected chi connectivity index (χ1v) is 11.0. The molecule has 1 rings (SSSR count). The molecule has 2 atom stereocenters. The van der Waals surface area contributed by atoms with Gasteiger partial charge in [-0.3, -0.25) is 9.59 Å². The molecule has 5 nitrogen and oxygen atoms in total. The lowest BCUT2D eigenvalue weighted by atomic mass is 10.1. The van der Waals surface area contributed by atoms with Crippen LogP contribution in [-0.2, 0) is 14.3 Å². The van der Waals surface area contributed by atoms with E-state index in [2.05, 4.69) is 24.4 Å². The minimum absolute atomic E-state index is 0.0812. The molecule has 3 N–H and O–H groups in total. The Bertz CT molecular complexity index is 437. The molecule has 27 heavy (non-hydrogen) atoms. The molecule has 0 bridgehead atoms. The Hall–Kier alpha value is -1.36. The van der Waals surface area contributed by atoms with E-state index < -0.39 is 0 Å². The molecule has 2 amide bonds. The van der Waals surface area contributed by atoms with Crippen LogP contribution in [0.4, 0.5) is 0 Å². The van der Waals surface area contributed by atoms with Gasteiger partial charge in [-0.2, -0.15) is 0 Å². The summed E-state index contributed by atoms with van der Waals surface area (Å²) in [5.41, 5.74) is 5.05. The van der Waals surface area contributed by atoms with E-state index in [9.17, 15) is 9.59 Å². The third kappa shape index (κ3) is 14.4. The summed E-state index contributed by atoms with van der Waals surface area (Å²) in [6, 6.07) is 0. The summed E-state index contributed by atoms with van der Waals surface area (Å²) in [5.74, 6) is -0.232. The van der Waals surface area contributed by atoms with Crippen LogP contribution in [0.25, 0.3) is 0 Å². The number of nitrogens with two attached hydrogens (primary N) is 1. The highest BCUT2D eigenvalue weighted by Crippen LogP contribution is 2.30. The van der Waals surface area contributed by atoms with Crippen molar-refractivity contribution in [3.63, 3.8) is 0 Å². The first-order valence-electron chi connectivity index (χ1n) is 11.0. The zero-order valence-corrected chi connectivity index (χ0v) is 17.2. The number of ether oxygens (including phenoxy) is 1. The Kier molecular flexibility index (Phi) is 13.7. The molecule has 1 fully saturated rings. The summed E-state index contributed by atoms with van der Waals surface area (Å²) in [6.07, 6.45) is 20.2. The van der Waals surface area contributed by atoms with Crippen LogP contribution in [0.2, 0.25) is 0 Å². The number of carbonyl (C=O) groups excluding carboxylic acids is 2. The number of hydrogen-bond acceptors (Lipinski definition) is 3. The van der Waals surface area contributed by atoms with Crippen molar-refractivity contribution >= 4 is 11.8 Å². The number of allylic oxidation sites excluding steroid dienone is 1. The van der Waals surface area contributed by atoms with Gasteiger partial charge in [-0.15, -0.1) is 0 Å². The predicted octanol–water partition coefficient (Wildman–Crippen LogP) is 4.39. The van der Waals surface area contributed by atoms with Crippen LogP contribution < -0.4 is 11.1 Å². The minimum atomic E-state index is -0.313. The van der Waals surface area contributed by atoms with E-state index in [4.69, 9.17) is 10.5 Å². The van der Waals surface area contributed by atoms with Crippen molar-refractivity contribution in [3.8, 4) is 0 Å². The largest absolute Gasteiger partial charge is 0.370 e. The monoisotopic (exact) mass is 380 g/mol. The highest BCUT2D eigenvalue weighted by atomic mass is 16.6. The second-order valence-corrected chi connectivity index (χ2v) is 7.64. The summed E-state index contributed by atoms with van der Waals surface area (Å²) in [7, 11) is 0. The van der Waals surface area contributed by atoms with Crippen LogP contribution in [0.15, 0.2) is 12.2 Å². The van der Waals surface area contributed by atoms with Crippen molar-refractivity contribution in [1.29, 1.82) is 0 Å². The van der Waals surface area contributed by atoms with Crippen molar-refractivity contribution in [3.05, 3.63) is 12.2 Å². The third-order valence-electron chi connectivity index (χ3n) is 5.01. The summed E-state index contributed by atoms with van der Waals surface area (Å²) < 4.78 is 5.69. The quantitative estimate of drug-likeness (QED) is 0.210. The first-order chi connectivity index (χ1) is 13.1. The van der Waals surface area contributed by atoms with Crippen LogP contribution in [-0.4, -0.2) is 30.6 Å². The maximum Gasteiger partial charge on any atom is 0.219 e. The lowest BCUT2D eigenvalue weighted by Gasteiger charge is -2.04. The van der Waals surface area contributed by atoms with Gasteiger partial charge >= 0.3 is 0 Å². The molecule has 0 aromatic heterocycles. The van der Waals surface area contributed by atoms with E-state index in [0.717, 1.165) is 25.7 Å². The summed E-state index contributed by atoms with van der Waals surface area (Å²) in [5, 5.41) is 2.83. The Morgan fingerprint density at radius 3 is 2.48 bits per heavy atom. The third-order valence-corrected chi connectivity index (χ3v) is 5.01. The molecule has 0 radical (unpaired) electrons. The zero-order chi connectivity index (χ0) is 19.7. The van der Waals surface area contributed by atoms with Crippen LogP contribution in [0.1, 0.15) is 96.8 Å². The van der Waals surface area contributed by atoms with Crippen LogP contribution >= 0.6 is 0 Å². The van der Waals surface area contributed by atoms with Crippen LogP contribution in [0.3, 0.4) is 0 Å². The second kappa shape index (κ2) is 15.7. The molecule has 2 unspecified atom stereocenters. The lowest BCUT2D eigenvalue weighted by Crippen LogP contribution is -2.25. The molecular weight excluding hydrogens is 340 g/mol.